The first-order valence-corrected chi connectivity index (χ1v) is 10.6. The van der Waals surface area contributed by atoms with Gasteiger partial charge in [-0.25, -0.2) is 13.2 Å². The second-order valence-corrected chi connectivity index (χ2v) is 8.89. The topological polar surface area (TPSA) is 75.7 Å². The zero-order valence-electron chi connectivity index (χ0n) is 15.1. The van der Waals surface area contributed by atoms with Gasteiger partial charge in [-0.15, -0.1) is 0 Å². The molecule has 0 radical (unpaired) electrons. The highest BCUT2D eigenvalue weighted by Gasteiger charge is 2.32. The number of piperidine rings is 1. The summed E-state index contributed by atoms with van der Waals surface area (Å²) in [6, 6.07) is 13.9. The average Bonchev–Trinajstić information content (AvgIpc) is 2.98. The lowest BCUT2D eigenvalue weighted by Gasteiger charge is -2.32. The number of nitrogens with one attached hydrogen (secondary N) is 1. The third kappa shape index (κ3) is 3.33. The third-order valence-corrected chi connectivity index (χ3v) is 7.22. The summed E-state index contributed by atoms with van der Waals surface area (Å²) in [6.07, 6.45) is 2.29. The summed E-state index contributed by atoms with van der Waals surface area (Å²) in [5.74, 6) is -0.360. The number of hydrogen-bond donors (Lipinski definition) is 1. The Labute approximate surface area is 159 Å². The minimum absolute atomic E-state index is 0.0240. The van der Waals surface area contributed by atoms with Crippen molar-refractivity contribution < 1.29 is 17.9 Å². The van der Waals surface area contributed by atoms with Gasteiger partial charge in [0, 0.05) is 23.8 Å². The quantitative estimate of drug-likeness (QED) is 0.814. The molecule has 1 saturated heterocycles. The molecule has 2 unspecified atom stereocenters. The van der Waals surface area contributed by atoms with Crippen molar-refractivity contribution in [2.24, 2.45) is 0 Å². The molecule has 0 amide bonds. The normalized spacial score (nSPS) is 22.9. The molecule has 6 nitrogen and oxygen atoms in total. The Morgan fingerprint density at radius 3 is 2.56 bits per heavy atom. The van der Waals surface area contributed by atoms with Crippen molar-refractivity contribution in [3.8, 4) is 0 Å². The number of benzene rings is 2. The lowest BCUT2D eigenvalue weighted by Crippen LogP contribution is -2.41. The summed E-state index contributed by atoms with van der Waals surface area (Å²) in [6.45, 7) is 2.52. The molecule has 1 fully saturated rings. The molecule has 2 heterocycles. The van der Waals surface area contributed by atoms with E-state index in [4.69, 9.17) is 4.74 Å². The highest BCUT2D eigenvalue weighted by atomic mass is 32.2. The fourth-order valence-electron chi connectivity index (χ4n) is 3.69. The van der Waals surface area contributed by atoms with Gasteiger partial charge in [0.25, 0.3) is 0 Å². The van der Waals surface area contributed by atoms with Crippen LogP contribution in [0.1, 0.15) is 48.3 Å². The fourth-order valence-corrected chi connectivity index (χ4v) is 5.39. The van der Waals surface area contributed by atoms with Crippen molar-refractivity contribution in [2.75, 3.05) is 11.9 Å². The van der Waals surface area contributed by atoms with E-state index in [0.29, 0.717) is 17.8 Å². The van der Waals surface area contributed by atoms with Crippen LogP contribution in [0.5, 0.6) is 0 Å². The number of fused-ring (bicyclic) bond motifs is 1. The molecule has 7 heteroatoms. The molecule has 2 aromatic rings. The van der Waals surface area contributed by atoms with Gasteiger partial charge in [-0.1, -0.05) is 24.6 Å². The summed E-state index contributed by atoms with van der Waals surface area (Å²) < 4.78 is 32.7. The lowest BCUT2D eigenvalue weighted by molar-refractivity contribution is 0.0437. The molecule has 0 spiro atoms. The lowest BCUT2D eigenvalue weighted by atomic mass is 10.1. The van der Waals surface area contributed by atoms with Crippen molar-refractivity contribution in [2.45, 2.75) is 43.4 Å². The standard InChI is InChI=1S/C20H22N2O4S/c1-14-6-4-5-13-22(14)27(24,25)16-11-9-15(10-12-16)21-19-17-7-2-3-8-18(17)20(23)26-19/h2-3,7-12,14,19,21H,4-6,13H2,1H3. The van der Waals surface area contributed by atoms with Gasteiger partial charge in [0.15, 0.2) is 0 Å². The van der Waals surface area contributed by atoms with Crippen LogP contribution in [0, 0.1) is 0 Å². The molecule has 2 aromatic carbocycles. The van der Waals surface area contributed by atoms with Gasteiger partial charge in [0.05, 0.1) is 10.5 Å². The first kappa shape index (κ1) is 18.0. The first-order chi connectivity index (χ1) is 13.0. The molecule has 4 rings (SSSR count). The predicted molar refractivity (Wildman–Crippen MR) is 102 cm³/mol. The number of anilines is 1. The Hall–Kier alpha value is -2.38. The largest absolute Gasteiger partial charge is 0.434 e. The van der Waals surface area contributed by atoms with E-state index in [1.54, 1.807) is 40.7 Å². The minimum Gasteiger partial charge on any atom is -0.434 e. The van der Waals surface area contributed by atoms with Gasteiger partial charge in [-0.05, 0) is 50.1 Å². The fraction of sp³-hybridized carbons (Fsp3) is 0.350. The maximum Gasteiger partial charge on any atom is 0.340 e. The number of cyclic esters (lactones) is 1. The number of rotatable bonds is 4. The van der Waals surface area contributed by atoms with Crippen LogP contribution in [-0.4, -0.2) is 31.3 Å². The van der Waals surface area contributed by atoms with Crippen molar-refractivity contribution in [1.82, 2.24) is 4.31 Å². The number of sulfonamides is 1. The van der Waals surface area contributed by atoms with Crippen LogP contribution < -0.4 is 5.32 Å². The van der Waals surface area contributed by atoms with Crippen LogP contribution in [-0.2, 0) is 14.8 Å². The summed E-state index contributed by atoms with van der Waals surface area (Å²) in [5.41, 5.74) is 2.02. The van der Waals surface area contributed by atoms with Gasteiger partial charge in [0.1, 0.15) is 0 Å². The van der Waals surface area contributed by atoms with E-state index in [2.05, 4.69) is 5.32 Å². The van der Waals surface area contributed by atoms with Crippen LogP contribution in [0.25, 0.3) is 0 Å². The summed E-state index contributed by atoms with van der Waals surface area (Å²) in [7, 11) is -3.49. The van der Waals surface area contributed by atoms with E-state index in [1.807, 2.05) is 19.1 Å². The Morgan fingerprint density at radius 1 is 1.07 bits per heavy atom. The second-order valence-electron chi connectivity index (χ2n) is 7.00. The number of nitrogens with zero attached hydrogens (tertiary/aromatic N) is 1. The van der Waals surface area contributed by atoms with E-state index in [1.165, 1.54) is 0 Å². The van der Waals surface area contributed by atoms with Crippen molar-refractivity contribution in [3.05, 3.63) is 59.7 Å². The van der Waals surface area contributed by atoms with Crippen LogP contribution in [0.15, 0.2) is 53.4 Å². The molecular weight excluding hydrogens is 364 g/mol. The molecule has 0 aliphatic carbocycles. The van der Waals surface area contributed by atoms with E-state index < -0.39 is 16.3 Å². The zero-order valence-corrected chi connectivity index (χ0v) is 15.9. The molecule has 2 aliphatic rings. The number of ether oxygens (including phenoxy) is 1. The van der Waals surface area contributed by atoms with Gasteiger partial charge < -0.3 is 10.1 Å². The maximum atomic E-state index is 12.9. The maximum absolute atomic E-state index is 12.9. The first-order valence-electron chi connectivity index (χ1n) is 9.15. The molecule has 1 N–H and O–H groups in total. The van der Waals surface area contributed by atoms with Crippen molar-refractivity contribution in [1.29, 1.82) is 0 Å². The molecular formula is C20H22N2O4S. The van der Waals surface area contributed by atoms with E-state index >= 15 is 0 Å². The van der Waals surface area contributed by atoms with Crippen LogP contribution in [0.3, 0.4) is 0 Å². The van der Waals surface area contributed by atoms with Gasteiger partial charge in [0.2, 0.25) is 16.3 Å². The van der Waals surface area contributed by atoms with Crippen LogP contribution in [0.2, 0.25) is 0 Å². The second kappa shape index (κ2) is 6.98. The summed E-state index contributed by atoms with van der Waals surface area (Å²) >= 11 is 0. The molecule has 0 aromatic heterocycles. The SMILES string of the molecule is CC1CCCCN1S(=O)(=O)c1ccc(NC2OC(=O)c3ccccc32)cc1. The van der Waals surface area contributed by atoms with Crippen LogP contribution >= 0.6 is 0 Å². The highest BCUT2D eigenvalue weighted by molar-refractivity contribution is 7.89. The number of carbonyl (C=O) groups excluding carboxylic acids is 1. The Morgan fingerprint density at radius 2 is 1.81 bits per heavy atom. The minimum atomic E-state index is -3.49. The number of hydrogen-bond acceptors (Lipinski definition) is 5. The third-order valence-electron chi connectivity index (χ3n) is 5.19. The summed E-state index contributed by atoms with van der Waals surface area (Å²) in [5, 5.41) is 3.14. The smallest absolute Gasteiger partial charge is 0.340 e. The number of carbonyl (C=O) groups is 1. The van der Waals surface area contributed by atoms with Crippen molar-refractivity contribution in [3.63, 3.8) is 0 Å². The Kier molecular flexibility index (Phi) is 4.65. The van der Waals surface area contributed by atoms with Gasteiger partial charge >= 0.3 is 5.97 Å². The summed E-state index contributed by atoms with van der Waals surface area (Å²) in [4.78, 5) is 12.2. The number of esters is 1. The molecule has 142 valence electrons. The average molecular weight is 386 g/mol. The Bertz CT molecular complexity index is 956. The van der Waals surface area contributed by atoms with E-state index in [-0.39, 0.29) is 16.9 Å². The predicted octanol–water partition coefficient (Wildman–Crippen LogP) is 3.53. The van der Waals surface area contributed by atoms with E-state index in [0.717, 1.165) is 24.8 Å². The molecule has 0 saturated carbocycles. The van der Waals surface area contributed by atoms with Crippen LogP contribution in [0.4, 0.5) is 5.69 Å². The van der Waals surface area contributed by atoms with Gasteiger partial charge in [-0.2, -0.15) is 4.31 Å². The van der Waals surface area contributed by atoms with Gasteiger partial charge in [-0.3, -0.25) is 0 Å². The molecule has 2 aliphatic heterocycles. The molecule has 0 bridgehead atoms. The molecule has 27 heavy (non-hydrogen) atoms. The molecule has 2 atom stereocenters. The van der Waals surface area contributed by atoms with E-state index in [9.17, 15) is 13.2 Å². The highest BCUT2D eigenvalue weighted by Crippen LogP contribution is 2.32. The monoisotopic (exact) mass is 386 g/mol. The zero-order chi connectivity index (χ0) is 19.0. The Balaban J connectivity index is 1.52. The van der Waals surface area contributed by atoms with Crippen molar-refractivity contribution >= 4 is 21.7 Å².